The molecule has 1 N–H and O–H groups in total. The Morgan fingerprint density at radius 1 is 1.67 bits per heavy atom. The zero-order chi connectivity index (χ0) is 10.7. The molecular formula is C10H15ClN2S2. The first-order valence-electron chi connectivity index (χ1n) is 5.04. The van der Waals surface area contributed by atoms with Crippen LogP contribution in [-0.2, 0) is 0 Å². The number of nitrogens with zero attached hydrogens (tertiary/aromatic N) is 1. The first kappa shape index (κ1) is 11.7. The van der Waals surface area contributed by atoms with E-state index in [-0.39, 0.29) is 0 Å². The van der Waals surface area contributed by atoms with E-state index in [1.807, 2.05) is 17.8 Å². The molecule has 1 aromatic rings. The van der Waals surface area contributed by atoms with Crippen LogP contribution in [0.4, 0.5) is 0 Å². The van der Waals surface area contributed by atoms with E-state index in [4.69, 9.17) is 11.6 Å². The maximum atomic E-state index is 5.89. The summed E-state index contributed by atoms with van der Waals surface area (Å²) in [5.41, 5.74) is 0. The van der Waals surface area contributed by atoms with Crippen molar-refractivity contribution in [2.45, 2.75) is 10.3 Å². The van der Waals surface area contributed by atoms with Gasteiger partial charge in [0.05, 0.1) is 8.55 Å². The van der Waals surface area contributed by atoms with Gasteiger partial charge < -0.3 is 10.2 Å². The number of hydrogen-bond acceptors (Lipinski definition) is 4. The highest BCUT2D eigenvalue weighted by Gasteiger charge is 2.16. The van der Waals surface area contributed by atoms with E-state index in [0.29, 0.717) is 6.04 Å². The monoisotopic (exact) mass is 262 g/mol. The van der Waals surface area contributed by atoms with E-state index in [1.165, 1.54) is 4.21 Å². The molecule has 1 aliphatic rings. The lowest BCUT2D eigenvalue weighted by Gasteiger charge is -2.30. The van der Waals surface area contributed by atoms with Crippen molar-refractivity contribution in [2.75, 3.05) is 32.4 Å². The van der Waals surface area contributed by atoms with Crippen LogP contribution in [0, 0.1) is 0 Å². The second-order valence-corrected chi connectivity index (χ2v) is 6.82. The number of thioether (sulfide) groups is 1. The summed E-state index contributed by atoms with van der Waals surface area (Å²) < 4.78 is 2.20. The molecule has 1 aromatic heterocycles. The summed E-state index contributed by atoms with van der Waals surface area (Å²) in [6.45, 7) is 3.41. The number of piperazine rings is 1. The highest BCUT2D eigenvalue weighted by molar-refractivity contribution is 8.01. The molecule has 2 heterocycles. The predicted molar refractivity (Wildman–Crippen MR) is 69.3 cm³/mol. The van der Waals surface area contributed by atoms with Gasteiger partial charge in [-0.2, -0.15) is 0 Å². The summed E-state index contributed by atoms with van der Waals surface area (Å²) >= 11 is 9.45. The molecule has 0 saturated carbocycles. The van der Waals surface area contributed by atoms with Gasteiger partial charge in [-0.3, -0.25) is 0 Å². The molecule has 2 nitrogen and oxygen atoms in total. The largest absolute Gasteiger partial charge is 0.311 e. The zero-order valence-corrected chi connectivity index (χ0v) is 11.1. The number of thiophene rings is 1. The average molecular weight is 263 g/mol. The van der Waals surface area contributed by atoms with Gasteiger partial charge in [0, 0.05) is 31.4 Å². The fourth-order valence-corrected chi connectivity index (χ4v) is 4.04. The average Bonchev–Trinajstić information content (AvgIpc) is 2.62. The van der Waals surface area contributed by atoms with Crippen LogP contribution >= 0.6 is 34.7 Å². The molecule has 84 valence electrons. The van der Waals surface area contributed by atoms with Crippen molar-refractivity contribution in [3.63, 3.8) is 0 Å². The molecule has 1 fully saturated rings. The summed E-state index contributed by atoms with van der Waals surface area (Å²) in [7, 11) is 2.18. The van der Waals surface area contributed by atoms with Crippen LogP contribution in [0.2, 0.25) is 4.34 Å². The lowest BCUT2D eigenvalue weighted by atomic mass is 10.2. The second kappa shape index (κ2) is 5.55. The third-order valence-corrected chi connectivity index (χ3v) is 5.05. The third-order valence-electron chi connectivity index (χ3n) is 2.43. The molecule has 0 amide bonds. The van der Waals surface area contributed by atoms with Gasteiger partial charge in [-0.25, -0.2) is 0 Å². The van der Waals surface area contributed by atoms with E-state index < -0.39 is 0 Å². The van der Waals surface area contributed by atoms with Gasteiger partial charge in [-0.15, -0.1) is 23.1 Å². The predicted octanol–water partition coefficient (Wildman–Crippen LogP) is 2.40. The molecule has 0 bridgehead atoms. The van der Waals surface area contributed by atoms with Crippen molar-refractivity contribution in [3.05, 3.63) is 16.5 Å². The standard InChI is InChI=1S/C10H15ClN2S2/c1-13-5-4-12-8(6-13)7-14-10-3-2-9(11)15-10/h2-3,8,12H,4-7H2,1H3. The molecular weight excluding hydrogens is 248 g/mol. The number of nitrogens with one attached hydrogen (secondary N) is 1. The van der Waals surface area contributed by atoms with E-state index in [2.05, 4.69) is 23.3 Å². The van der Waals surface area contributed by atoms with Crippen molar-refractivity contribution < 1.29 is 0 Å². The zero-order valence-electron chi connectivity index (χ0n) is 8.70. The fourth-order valence-electron chi connectivity index (χ4n) is 1.66. The molecule has 0 aliphatic carbocycles. The van der Waals surface area contributed by atoms with Gasteiger partial charge in [-0.1, -0.05) is 11.6 Å². The Morgan fingerprint density at radius 2 is 2.53 bits per heavy atom. The maximum absolute atomic E-state index is 5.89. The Bertz CT molecular complexity index is 316. The second-order valence-electron chi connectivity index (χ2n) is 3.78. The SMILES string of the molecule is CN1CCNC(CSc2ccc(Cl)s2)C1. The first-order valence-corrected chi connectivity index (χ1v) is 7.22. The lowest BCUT2D eigenvalue weighted by Crippen LogP contribution is -2.50. The third kappa shape index (κ3) is 3.64. The van der Waals surface area contributed by atoms with Gasteiger partial charge in [0.25, 0.3) is 0 Å². The molecule has 15 heavy (non-hydrogen) atoms. The number of hydrogen-bond donors (Lipinski definition) is 1. The van der Waals surface area contributed by atoms with Crippen molar-refractivity contribution >= 4 is 34.7 Å². The Balaban J connectivity index is 1.77. The van der Waals surface area contributed by atoms with Crippen LogP contribution in [0.3, 0.4) is 0 Å². The van der Waals surface area contributed by atoms with Gasteiger partial charge in [0.15, 0.2) is 0 Å². The van der Waals surface area contributed by atoms with E-state index in [9.17, 15) is 0 Å². The molecule has 1 atom stereocenters. The summed E-state index contributed by atoms with van der Waals surface area (Å²) in [5, 5.41) is 3.54. The fraction of sp³-hybridized carbons (Fsp3) is 0.600. The summed E-state index contributed by atoms with van der Waals surface area (Å²) in [6.07, 6.45) is 0. The van der Waals surface area contributed by atoms with E-state index in [1.54, 1.807) is 11.3 Å². The van der Waals surface area contributed by atoms with Crippen LogP contribution in [-0.4, -0.2) is 43.4 Å². The Labute approximate surface area is 104 Å². The molecule has 0 aromatic carbocycles. The van der Waals surface area contributed by atoms with E-state index in [0.717, 1.165) is 29.7 Å². The van der Waals surface area contributed by atoms with Gasteiger partial charge in [0.1, 0.15) is 0 Å². The molecule has 1 saturated heterocycles. The van der Waals surface area contributed by atoms with Crippen LogP contribution < -0.4 is 5.32 Å². The molecule has 2 rings (SSSR count). The van der Waals surface area contributed by atoms with Crippen molar-refractivity contribution in [3.8, 4) is 0 Å². The molecule has 1 unspecified atom stereocenters. The highest BCUT2D eigenvalue weighted by atomic mass is 35.5. The van der Waals surface area contributed by atoms with Crippen LogP contribution in [0.5, 0.6) is 0 Å². The quantitative estimate of drug-likeness (QED) is 0.843. The van der Waals surface area contributed by atoms with Crippen LogP contribution in [0.15, 0.2) is 16.3 Å². The van der Waals surface area contributed by atoms with Gasteiger partial charge in [0.2, 0.25) is 0 Å². The van der Waals surface area contributed by atoms with Gasteiger partial charge in [-0.05, 0) is 19.2 Å². The van der Waals surface area contributed by atoms with Crippen LogP contribution in [0.1, 0.15) is 0 Å². The number of halogens is 1. The van der Waals surface area contributed by atoms with Gasteiger partial charge >= 0.3 is 0 Å². The van der Waals surface area contributed by atoms with E-state index >= 15 is 0 Å². The topological polar surface area (TPSA) is 15.3 Å². The highest BCUT2D eigenvalue weighted by Crippen LogP contribution is 2.30. The first-order chi connectivity index (χ1) is 7.24. The minimum atomic E-state index is 0.606. The van der Waals surface area contributed by atoms with Crippen molar-refractivity contribution in [1.82, 2.24) is 10.2 Å². The summed E-state index contributed by atoms with van der Waals surface area (Å²) in [6, 6.07) is 4.67. The molecule has 1 aliphatic heterocycles. The Morgan fingerprint density at radius 3 is 3.20 bits per heavy atom. The summed E-state index contributed by atoms with van der Waals surface area (Å²) in [5.74, 6) is 1.13. The smallest absolute Gasteiger partial charge is 0.0940 e. The normalized spacial score (nSPS) is 23.2. The molecule has 0 spiro atoms. The molecule has 0 radical (unpaired) electrons. The molecule has 5 heteroatoms. The number of likely N-dealkylation sites (N-methyl/N-ethyl adjacent to an activating group) is 1. The minimum Gasteiger partial charge on any atom is -0.311 e. The minimum absolute atomic E-state index is 0.606. The maximum Gasteiger partial charge on any atom is 0.0940 e. The lowest BCUT2D eigenvalue weighted by molar-refractivity contribution is 0.250. The Hall–Kier alpha value is 0.260. The number of rotatable bonds is 3. The summed E-state index contributed by atoms with van der Waals surface area (Å²) in [4.78, 5) is 2.38. The Kier molecular flexibility index (Phi) is 4.34. The van der Waals surface area contributed by atoms with Crippen LogP contribution in [0.25, 0.3) is 0 Å². The van der Waals surface area contributed by atoms with Crippen molar-refractivity contribution in [2.24, 2.45) is 0 Å². The van der Waals surface area contributed by atoms with Crippen molar-refractivity contribution in [1.29, 1.82) is 0 Å².